The van der Waals surface area contributed by atoms with Gasteiger partial charge < -0.3 is 9.88 Å². The number of hydrogen-bond donors (Lipinski definition) is 1. The van der Waals surface area contributed by atoms with E-state index in [0.29, 0.717) is 0 Å². The Balaban J connectivity index is 2.56. The summed E-state index contributed by atoms with van der Waals surface area (Å²) in [6, 6.07) is 11.6. The molecule has 0 atom stereocenters. The maximum atomic E-state index is 11.5. The molecule has 0 aliphatic carbocycles. The van der Waals surface area contributed by atoms with Gasteiger partial charge in [-0.25, -0.2) is 0 Å². The predicted molar refractivity (Wildman–Crippen MR) is 78.9 cm³/mol. The van der Waals surface area contributed by atoms with E-state index in [9.17, 15) is 4.79 Å². The van der Waals surface area contributed by atoms with E-state index in [0.717, 1.165) is 30.2 Å². The van der Waals surface area contributed by atoms with Crippen LogP contribution in [-0.4, -0.2) is 11.1 Å². The summed E-state index contributed by atoms with van der Waals surface area (Å²) >= 11 is 0. The van der Waals surface area contributed by atoms with E-state index in [2.05, 4.69) is 28.9 Å². The van der Waals surface area contributed by atoms with Crippen LogP contribution in [0.3, 0.4) is 0 Å². The van der Waals surface area contributed by atoms with E-state index in [4.69, 9.17) is 0 Å². The van der Waals surface area contributed by atoms with Gasteiger partial charge in [0.05, 0.1) is 0 Å². The fourth-order valence-corrected chi connectivity index (χ4v) is 2.38. The number of benzene rings is 1. The Bertz CT molecular complexity index is 603. The van der Waals surface area contributed by atoms with Crippen molar-refractivity contribution in [3.63, 3.8) is 0 Å². The molecule has 0 amide bonds. The second-order valence-electron chi connectivity index (χ2n) is 4.72. The van der Waals surface area contributed by atoms with Crippen LogP contribution < -0.4 is 10.7 Å². The molecule has 0 radical (unpaired) electrons. The lowest BCUT2D eigenvalue weighted by atomic mass is 10.1. The first kappa shape index (κ1) is 13.6. The standard InChI is InChI=1S/C16H20N2O/c1-4-17-11-14-7-5-6-8-16(14)18-12(2)9-15(19)10-13(18)3/h5-10,17H,4,11H2,1-3H3. The summed E-state index contributed by atoms with van der Waals surface area (Å²) < 4.78 is 2.13. The Kier molecular flexibility index (Phi) is 4.17. The topological polar surface area (TPSA) is 34.0 Å². The Morgan fingerprint density at radius 2 is 1.74 bits per heavy atom. The van der Waals surface area contributed by atoms with Gasteiger partial charge in [0.25, 0.3) is 0 Å². The summed E-state index contributed by atoms with van der Waals surface area (Å²) in [5, 5.41) is 3.35. The number of para-hydroxylation sites is 1. The van der Waals surface area contributed by atoms with Crippen molar-refractivity contribution in [1.82, 2.24) is 9.88 Å². The zero-order valence-electron chi connectivity index (χ0n) is 11.7. The third kappa shape index (κ3) is 2.93. The zero-order chi connectivity index (χ0) is 13.8. The second-order valence-corrected chi connectivity index (χ2v) is 4.72. The SMILES string of the molecule is CCNCc1ccccc1-n1c(C)cc(=O)cc1C. The first-order valence-corrected chi connectivity index (χ1v) is 6.62. The fourth-order valence-electron chi connectivity index (χ4n) is 2.38. The third-order valence-electron chi connectivity index (χ3n) is 3.21. The summed E-state index contributed by atoms with van der Waals surface area (Å²) in [6.45, 7) is 7.81. The van der Waals surface area contributed by atoms with Crippen molar-refractivity contribution < 1.29 is 0 Å². The number of aryl methyl sites for hydroxylation is 2. The van der Waals surface area contributed by atoms with Crippen molar-refractivity contribution >= 4 is 0 Å². The highest BCUT2D eigenvalue weighted by atomic mass is 16.1. The van der Waals surface area contributed by atoms with Crippen LogP contribution in [0, 0.1) is 13.8 Å². The lowest BCUT2D eigenvalue weighted by molar-refractivity contribution is 0.720. The van der Waals surface area contributed by atoms with E-state index in [1.807, 2.05) is 26.0 Å². The van der Waals surface area contributed by atoms with Crippen molar-refractivity contribution in [2.75, 3.05) is 6.54 Å². The predicted octanol–water partition coefficient (Wildman–Crippen LogP) is 2.56. The smallest absolute Gasteiger partial charge is 0.182 e. The van der Waals surface area contributed by atoms with Gasteiger partial charge >= 0.3 is 0 Å². The number of nitrogens with one attached hydrogen (secondary N) is 1. The average Bonchev–Trinajstić information content (AvgIpc) is 2.36. The molecule has 0 spiro atoms. The van der Waals surface area contributed by atoms with Gasteiger partial charge in [-0.15, -0.1) is 0 Å². The van der Waals surface area contributed by atoms with Gasteiger partial charge in [0, 0.05) is 35.8 Å². The molecule has 0 unspecified atom stereocenters. The summed E-state index contributed by atoms with van der Waals surface area (Å²) in [6.07, 6.45) is 0. The molecule has 1 aromatic heterocycles. The molecule has 0 saturated heterocycles. The van der Waals surface area contributed by atoms with Crippen LogP contribution in [0.1, 0.15) is 23.9 Å². The second kappa shape index (κ2) is 5.85. The van der Waals surface area contributed by atoms with Crippen LogP contribution in [0.25, 0.3) is 5.69 Å². The van der Waals surface area contributed by atoms with Crippen LogP contribution in [0.5, 0.6) is 0 Å². The number of aromatic nitrogens is 1. The largest absolute Gasteiger partial charge is 0.318 e. The van der Waals surface area contributed by atoms with E-state index in [1.165, 1.54) is 5.56 Å². The summed E-state index contributed by atoms with van der Waals surface area (Å²) in [7, 11) is 0. The molecule has 0 fully saturated rings. The summed E-state index contributed by atoms with van der Waals surface area (Å²) in [4.78, 5) is 11.5. The van der Waals surface area contributed by atoms with Crippen LogP contribution in [-0.2, 0) is 6.54 Å². The Morgan fingerprint density at radius 3 is 2.37 bits per heavy atom. The first-order chi connectivity index (χ1) is 9.13. The maximum Gasteiger partial charge on any atom is 0.182 e. The highest BCUT2D eigenvalue weighted by Gasteiger charge is 2.08. The molecule has 1 heterocycles. The van der Waals surface area contributed by atoms with E-state index < -0.39 is 0 Å². The minimum absolute atomic E-state index is 0.0652. The van der Waals surface area contributed by atoms with Crippen LogP contribution in [0.2, 0.25) is 0 Å². The minimum Gasteiger partial charge on any atom is -0.318 e. The lowest BCUT2D eigenvalue weighted by Gasteiger charge is -2.18. The van der Waals surface area contributed by atoms with Crippen molar-refractivity contribution in [3.8, 4) is 5.69 Å². The normalized spacial score (nSPS) is 10.7. The van der Waals surface area contributed by atoms with Gasteiger partial charge in [0.2, 0.25) is 0 Å². The zero-order valence-corrected chi connectivity index (χ0v) is 11.7. The molecule has 2 rings (SSSR count). The molecule has 1 N–H and O–H groups in total. The molecule has 19 heavy (non-hydrogen) atoms. The molecule has 0 aliphatic rings. The van der Waals surface area contributed by atoms with Crippen molar-refractivity contribution in [3.05, 3.63) is 63.6 Å². The molecular weight excluding hydrogens is 236 g/mol. The Hall–Kier alpha value is -1.87. The van der Waals surface area contributed by atoms with Gasteiger partial charge in [-0.2, -0.15) is 0 Å². The van der Waals surface area contributed by atoms with Crippen molar-refractivity contribution in [1.29, 1.82) is 0 Å². The molecule has 0 saturated carbocycles. The van der Waals surface area contributed by atoms with Crippen molar-refractivity contribution in [2.24, 2.45) is 0 Å². The molecule has 0 aliphatic heterocycles. The average molecular weight is 256 g/mol. The summed E-state index contributed by atoms with van der Waals surface area (Å²) in [5.74, 6) is 0. The molecule has 3 nitrogen and oxygen atoms in total. The minimum atomic E-state index is 0.0652. The monoisotopic (exact) mass is 256 g/mol. The molecule has 3 heteroatoms. The first-order valence-electron chi connectivity index (χ1n) is 6.62. The molecule has 0 bridgehead atoms. The van der Waals surface area contributed by atoms with E-state index >= 15 is 0 Å². The Labute approximate surface area is 113 Å². The van der Waals surface area contributed by atoms with Crippen molar-refractivity contribution in [2.45, 2.75) is 27.3 Å². The van der Waals surface area contributed by atoms with Crippen LogP contribution in [0.4, 0.5) is 0 Å². The molecule has 1 aromatic carbocycles. The van der Waals surface area contributed by atoms with Crippen LogP contribution >= 0.6 is 0 Å². The van der Waals surface area contributed by atoms with E-state index in [1.54, 1.807) is 12.1 Å². The Morgan fingerprint density at radius 1 is 1.11 bits per heavy atom. The van der Waals surface area contributed by atoms with E-state index in [-0.39, 0.29) is 5.43 Å². The van der Waals surface area contributed by atoms with Gasteiger partial charge in [-0.1, -0.05) is 25.1 Å². The molecule has 100 valence electrons. The summed E-state index contributed by atoms with van der Waals surface area (Å²) in [5.41, 5.74) is 4.37. The highest BCUT2D eigenvalue weighted by Crippen LogP contribution is 2.18. The number of pyridine rings is 1. The van der Waals surface area contributed by atoms with Gasteiger partial charge in [-0.05, 0) is 32.0 Å². The quantitative estimate of drug-likeness (QED) is 0.912. The van der Waals surface area contributed by atoms with Crippen LogP contribution in [0.15, 0.2) is 41.2 Å². The number of nitrogens with zero attached hydrogens (tertiary/aromatic N) is 1. The highest BCUT2D eigenvalue weighted by molar-refractivity contribution is 5.44. The van der Waals surface area contributed by atoms with Gasteiger partial charge in [0.15, 0.2) is 5.43 Å². The number of rotatable bonds is 4. The number of hydrogen-bond acceptors (Lipinski definition) is 2. The lowest BCUT2D eigenvalue weighted by Crippen LogP contribution is -2.17. The fraction of sp³-hybridized carbons (Fsp3) is 0.312. The maximum absolute atomic E-state index is 11.5. The van der Waals surface area contributed by atoms with Gasteiger partial charge in [0.1, 0.15) is 0 Å². The third-order valence-corrected chi connectivity index (χ3v) is 3.21. The van der Waals surface area contributed by atoms with Gasteiger partial charge in [-0.3, -0.25) is 4.79 Å². The molecule has 2 aromatic rings. The molecular formula is C16H20N2O.